The highest BCUT2D eigenvalue weighted by Crippen LogP contribution is 2.31. The van der Waals surface area contributed by atoms with E-state index in [0.717, 1.165) is 18.9 Å². The summed E-state index contributed by atoms with van der Waals surface area (Å²) in [6.07, 6.45) is 4.65. The van der Waals surface area contributed by atoms with Gasteiger partial charge in [0, 0.05) is 6.42 Å². The van der Waals surface area contributed by atoms with Gasteiger partial charge in [-0.2, -0.15) is 0 Å². The molecule has 2 atom stereocenters. The van der Waals surface area contributed by atoms with Gasteiger partial charge in [-0.3, -0.25) is 0 Å². The van der Waals surface area contributed by atoms with E-state index in [1.54, 1.807) is 0 Å². The van der Waals surface area contributed by atoms with Crippen LogP contribution >= 0.6 is 0 Å². The normalized spacial score (nSPS) is 20.0. The first-order valence-corrected chi connectivity index (χ1v) is 8.25. The van der Waals surface area contributed by atoms with Crippen LogP contribution in [0.2, 0.25) is 0 Å². The van der Waals surface area contributed by atoms with Crippen molar-refractivity contribution in [3.63, 3.8) is 0 Å². The van der Waals surface area contributed by atoms with Crippen molar-refractivity contribution in [2.75, 3.05) is 6.61 Å². The van der Waals surface area contributed by atoms with Gasteiger partial charge in [0.2, 0.25) is 0 Å². The van der Waals surface area contributed by atoms with Gasteiger partial charge in [-0.25, -0.2) is 4.99 Å². The molecule has 1 aliphatic heterocycles. The van der Waals surface area contributed by atoms with Crippen molar-refractivity contribution in [2.24, 2.45) is 10.4 Å². The van der Waals surface area contributed by atoms with Crippen LogP contribution in [0, 0.1) is 5.41 Å². The lowest BCUT2D eigenvalue weighted by Gasteiger charge is -2.22. The Kier molecular flexibility index (Phi) is 5.44. The Morgan fingerprint density at radius 3 is 2.52 bits per heavy atom. The van der Waals surface area contributed by atoms with Crippen LogP contribution in [0.25, 0.3) is 0 Å². The molecule has 21 heavy (non-hydrogen) atoms. The molecule has 1 aliphatic rings. The summed E-state index contributed by atoms with van der Waals surface area (Å²) in [6, 6.07) is 11.1. The molecule has 0 fully saturated rings. The molecule has 1 unspecified atom stereocenters. The molecule has 0 radical (unpaired) electrons. The second kappa shape index (κ2) is 7.11. The van der Waals surface area contributed by atoms with Crippen molar-refractivity contribution in [3.05, 3.63) is 35.9 Å². The van der Waals surface area contributed by atoms with Crippen LogP contribution in [-0.2, 0) is 4.74 Å². The quantitative estimate of drug-likeness (QED) is 0.705. The molecule has 0 amide bonds. The minimum atomic E-state index is 0.188. The van der Waals surface area contributed by atoms with E-state index in [1.165, 1.54) is 24.8 Å². The average Bonchev–Trinajstić information content (AvgIpc) is 2.93. The third-order valence-electron chi connectivity index (χ3n) is 4.31. The van der Waals surface area contributed by atoms with Crippen LogP contribution in [0.3, 0.4) is 0 Å². The molecule has 0 N–H and O–H groups in total. The monoisotopic (exact) mass is 287 g/mol. The van der Waals surface area contributed by atoms with Gasteiger partial charge in [0.05, 0.1) is 6.04 Å². The summed E-state index contributed by atoms with van der Waals surface area (Å²) in [7, 11) is 0. The molecule has 0 aromatic heterocycles. The number of rotatable bonds is 6. The van der Waals surface area contributed by atoms with E-state index in [0.29, 0.717) is 12.0 Å². The lowest BCUT2D eigenvalue weighted by atomic mass is 9.88. The maximum atomic E-state index is 5.87. The van der Waals surface area contributed by atoms with Crippen molar-refractivity contribution < 1.29 is 4.74 Å². The number of aliphatic imine (C=N–C) groups is 1. The standard InChI is InChI=1S/C19H29NO/c1-5-6-10-16(15-11-8-7-9-12-15)13-18-20-17(14-21-18)19(2,3)4/h7-9,11-12,16-17H,5-6,10,13-14H2,1-4H3/t16-,17?/m1/s1. The number of unbranched alkanes of at least 4 members (excludes halogenated alkanes) is 1. The van der Waals surface area contributed by atoms with E-state index in [1.807, 2.05) is 0 Å². The first-order valence-electron chi connectivity index (χ1n) is 8.25. The van der Waals surface area contributed by atoms with Crippen LogP contribution < -0.4 is 0 Å². The van der Waals surface area contributed by atoms with Gasteiger partial charge in [0.25, 0.3) is 0 Å². The second-order valence-electron chi connectivity index (χ2n) is 7.17. The summed E-state index contributed by atoms with van der Waals surface area (Å²) in [5, 5.41) is 0. The fourth-order valence-corrected chi connectivity index (χ4v) is 2.75. The summed E-state index contributed by atoms with van der Waals surface area (Å²) < 4.78 is 5.87. The molecule has 1 aromatic carbocycles. The third kappa shape index (κ3) is 4.59. The van der Waals surface area contributed by atoms with Crippen molar-refractivity contribution in [1.82, 2.24) is 0 Å². The Balaban J connectivity index is 2.06. The Morgan fingerprint density at radius 1 is 1.24 bits per heavy atom. The maximum Gasteiger partial charge on any atom is 0.184 e. The first kappa shape index (κ1) is 16.1. The van der Waals surface area contributed by atoms with Crippen molar-refractivity contribution >= 4 is 5.90 Å². The molecule has 1 aromatic rings. The Bertz CT molecular complexity index is 458. The lowest BCUT2D eigenvalue weighted by Crippen LogP contribution is -2.25. The molecule has 116 valence electrons. The van der Waals surface area contributed by atoms with Gasteiger partial charge in [-0.1, -0.05) is 70.9 Å². The van der Waals surface area contributed by atoms with Gasteiger partial charge in [0.15, 0.2) is 5.90 Å². The van der Waals surface area contributed by atoms with Crippen molar-refractivity contribution in [3.8, 4) is 0 Å². The molecule has 2 nitrogen and oxygen atoms in total. The highest BCUT2D eigenvalue weighted by Gasteiger charge is 2.31. The Morgan fingerprint density at radius 2 is 1.95 bits per heavy atom. The van der Waals surface area contributed by atoms with Gasteiger partial charge in [-0.15, -0.1) is 0 Å². The van der Waals surface area contributed by atoms with Crippen molar-refractivity contribution in [1.29, 1.82) is 0 Å². The topological polar surface area (TPSA) is 21.6 Å². The average molecular weight is 287 g/mol. The number of ether oxygens (including phenoxy) is 1. The molecular formula is C19H29NO. The van der Waals surface area contributed by atoms with Gasteiger partial charge in [0.1, 0.15) is 6.61 Å². The molecule has 2 rings (SSSR count). The number of benzene rings is 1. The minimum Gasteiger partial charge on any atom is -0.479 e. The zero-order chi connectivity index (χ0) is 15.3. The zero-order valence-electron chi connectivity index (χ0n) is 13.9. The molecule has 0 bridgehead atoms. The summed E-state index contributed by atoms with van der Waals surface area (Å²) in [4.78, 5) is 4.83. The fraction of sp³-hybridized carbons (Fsp3) is 0.632. The number of hydrogen-bond donors (Lipinski definition) is 0. The minimum absolute atomic E-state index is 0.188. The molecule has 1 heterocycles. The highest BCUT2D eigenvalue weighted by atomic mass is 16.5. The SMILES string of the molecule is CCCC[C@H](CC1=NC(C(C)(C)C)CO1)c1ccccc1. The van der Waals surface area contributed by atoms with Gasteiger partial charge >= 0.3 is 0 Å². The predicted octanol–water partition coefficient (Wildman–Crippen LogP) is 5.19. The second-order valence-corrected chi connectivity index (χ2v) is 7.17. The molecule has 2 heteroatoms. The predicted molar refractivity (Wildman–Crippen MR) is 90.0 cm³/mol. The summed E-state index contributed by atoms with van der Waals surface area (Å²) in [5.74, 6) is 1.49. The van der Waals surface area contributed by atoms with E-state index in [4.69, 9.17) is 9.73 Å². The largest absolute Gasteiger partial charge is 0.479 e. The van der Waals surface area contributed by atoms with E-state index in [-0.39, 0.29) is 5.41 Å². The molecule has 0 aliphatic carbocycles. The van der Waals surface area contributed by atoms with Gasteiger partial charge < -0.3 is 4.74 Å². The van der Waals surface area contributed by atoms with E-state index < -0.39 is 0 Å². The van der Waals surface area contributed by atoms with Crippen LogP contribution in [0.5, 0.6) is 0 Å². The van der Waals surface area contributed by atoms with Gasteiger partial charge in [-0.05, 0) is 23.3 Å². The Labute approximate surface area is 129 Å². The van der Waals surface area contributed by atoms with E-state index in [9.17, 15) is 0 Å². The highest BCUT2D eigenvalue weighted by molar-refractivity contribution is 5.78. The lowest BCUT2D eigenvalue weighted by molar-refractivity contribution is 0.232. The number of hydrogen-bond acceptors (Lipinski definition) is 2. The van der Waals surface area contributed by atoms with Crippen LogP contribution in [-0.4, -0.2) is 18.5 Å². The molecule has 0 saturated heterocycles. The van der Waals surface area contributed by atoms with E-state index in [2.05, 4.69) is 58.0 Å². The zero-order valence-corrected chi connectivity index (χ0v) is 13.9. The third-order valence-corrected chi connectivity index (χ3v) is 4.31. The summed E-state index contributed by atoms with van der Waals surface area (Å²) in [5.41, 5.74) is 1.60. The van der Waals surface area contributed by atoms with Crippen molar-refractivity contribution in [2.45, 2.75) is 65.3 Å². The van der Waals surface area contributed by atoms with Crippen LogP contribution in [0.15, 0.2) is 35.3 Å². The first-order chi connectivity index (χ1) is 10.0. The van der Waals surface area contributed by atoms with Crippen LogP contribution in [0.4, 0.5) is 0 Å². The number of nitrogens with zero attached hydrogens (tertiary/aromatic N) is 1. The smallest absolute Gasteiger partial charge is 0.184 e. The van der Waals surface area contributed by atoms with E-state index >= 15 is 0 Å². The molecular weight excluding hydrogens is 258 g/mol. The summed E-state index contributed by atoms with van der Waals surface area (Å²) in [6.45, 7) is 9.70. The maximum absolute atomic E-state index is 5.87. The van der Waals surface area contributed by atoms with Crippen LogP contribution in [0.1, 0.15) is 64.9 Å². The molecule has 0 spiro atoms. The summed E-state index contributed by atoms with van der Waals surface area (Å²) >= 11 is 0. The Hall–Kier alpha value is -1.31. The molecule has 0 saturated carbocycles. The fourth-order valence-electron chi connectivity index (χ4n) is 2.75.